The fourth-order valence-electron chi connectivity index (χ4n) is 4.35. The highest BCUT2D eigenvalue weighted by Gasteiger charge is 2.30. The fraction of sp³-hybridized carbons (Fsp3) is 0.367. The summed E-state index contributed by atoms with van der Waals surface area (Å²) in [6.45, 7) is 5.54. The number of hydrogen-bond acceptors (Lipinski definition) is 6. The van der Waals surface area contributed by atoms with Crippen LogP contribution >= 0.6 is 0 Å². The van der Waals surface area contributed by atoms with Crippen molar-refractivity contribution in [2.75, 3.05) is 7.11 Å². The summed E-state index contributed by atoms with van der Waals surface area (Å²) in [5, 5.41) is 13.3. The lowest BCUT2D eigenvalue weighted by Gasteiger charge is -2.26. The molecule has 1 N–H and O–H groups in total. The van der Waals surface area contributed by atoms with Crippen LogP contribution in [-0.4, -0.2) is 30.7 Å². The molecule has 0 aliphatic heterocycles. The fourth-order valence-corrected chi connectivity index (χ4v) is 4.35. The highest BCUT2D eigenvalue weighted by molar-refractivity contribution is 5.94. The molecule has 1 aliphatic carbocycles. The Kier molecular flexibility index (Phi) is 9.08. The second-order valence-electron chi connectivity index (χ2n) is 9.85. The number of allylic oxidation sites excluding steroid dienone is 3. The summed E-state index contributed by atoms with van der Waals surface area (Å²) in [4.78, 5) is 25.8. The van der Waals surface area contributed by atoms with Gasteiger partial charge in [-0.25, -0.2) is 9.59 Å². The van der Waals surface area contributed by atoms with Gasteiger partial charge in [-0.3, -0.25) is 0 Å². The molecule has 0 bridgehead atoms. The molecule has 1 aliphatic rings. The van der Waals surface area contributed by atoms with Crippen molar-refractivity contribution >= 4 is 11.9 Å². The number of ether oxygens (including phenoxy) is 2. The quantitative estimate of drug-likeness (QED) is 0.298. The molecule has 0 fully saturated rings. The molecule has 0 heterocycles. The van der Waals surface area contributed by atoms with E-state index < -0.39 is 17.6 Å². The molecule has 0 amide bonds. The van der Waals surface area contributed by atoms with Gasteiger partial charge in [0.2, 0.25) is 0 Å². The predicted molar refractivity (Wildman–Crippen MR) is 139 cm³/mol. The van der Waals surface area contributed by atoms with E-state index in [1.807, 2.05) is 81.4 Å². The van der Waals surface area contributed by atoms with Gasteiger partial charge in [-0.05, 0) is 68.7 Å². The Labute approximate surface area is 213 Å². The number of rotatable bonds is 9. The van der Waals surface area contributed by atoms with Crippen LogP contribution in [0.4, 0.5) is 0 Å². The number of hydrogen-bond donors (Lipinski definition) is 1. The Balaban J connectivity index is 2.03. The third-order valence-corrected chi connectivity index (χ3v) is 5.93. The zero-order valence-corrected chi connectivity index (χ0v) is 21.5. The summed E-state index contributed by atoms with van der Waals surface area (Å²) < 4.78 is 10.7. The van der Waals surface area contributed by atoms with Crippen molar-refractivity contribution in [1.29, 1.82) is 5.26 Å². The first-order valence-electron chi connectivity index (χ1n) is 12.2. The highest BCUT2D eigenvalue weighted by atomic mass is 16.6. The van der Waals surface area contributed by atoms with Crippen molar-refractivity contribution in [3.8, 4) is 6.07 Å². The number of carbonyl (C=O) groups excluding carboxylic acids is 2. The number of methoxy groups -OCH3 is 1. The molecule has 6 heteroatoms. The van der Waals surface area contributed by atoms with E-state index >= 15 is 0 Å². The molecule has 6 nitrogen and oxygen atoms in total. The first kappa shape index (κ1) is 26.7. The lowest BCUT2D eigenvalue weighted by Crippen LogP contribution is -2.42. The van der Waals surface area contributed by atoms with Crippen molar-refractivity contribution in [2.24, 2.45) is 0 Å². The second-order valence-corrected chi connectivity index (χ2v) is 9.85. The third kappa shape index (κ3) is 7.32. The largest absolute Gasteiger partial charge is 0.465 e. The standard InChI is InChI=1S/C30H34N2O4/c1-30(2,3)36-29(34)27(19-22-14-9-6-10-15-22)32-26-17-11-16-23(26)24(25(20-31)28(33)35-4)18-21-12-7-5-8-13-21/h5-10,12-15,27,32H,11,16-19H2,1-4H3/b25-24-/t27-/m0/s1. The Morgan fingerprint density at radius 3 is 2.17 bits per heavy atom. The number of nitrogens with one attached hydrogen (secondary N) is 1. The molecular formula is C30H34N2O4. The van der Waals surface area contributed by atoms with Gasteiger partial charge in [-0.2, -0.15) is 5.26 Å². The summed E-state index contributed by atoms with van der Waals surface area (Å²) in [6.07, 6.45) is 3.12. The van der Waals surface area contributed by atoms with Crippen LogP contribution in [0.15, 0.2) is 83.1 Å². The van der Waals surface area contributed by atoms with E-state index in [2.05, 4.69) is 11.4 Å². The van der Waals surface area contributed by atoms with E-state index in [1.165, 1.54) is 7.11 Å². The summed E-state index contributed by atoms with van der Waals surface area (Å²) in [5.74, 6) is -0.998. The highest BCUT2D eigenvalue weighted by Crippen LogP contribution is 2.34. The average Bonchev–Trinajstić information content (AvgIpc) is 3.31. The van der Waals surface area contributed by atoms with Crippen molar-refractivity contribution < 1.29 is 19.1 Å². The zero-order chi connectivity index (χ0) is 26.1. The molecule has 2 aromatic carbocycles. The molecule has 36 heavy (non-hydrogen) atoms. The minimum absolute atomic E-state index is 0.00516. The molecule has 0 radical (unpaired) electrons. The molecule has 188 valence electrons. The van der Waals surface area contributed by atoms with Crippen molar-refractivity contribution in [2.45, 2.75) is 64.5 Å². The zero-order valence-electron chi connectivity index (χ0n) is 21.5. The number of carbonyl (C=O) groups is 2. The average molecular weight is 487 g/mol. The maximum absolute atomic E-state index is 13.2. The van der Waals surface area contributed by atoms with Gasteiger partial charge in [-0.1, -0.05) is 60.7 Å². The molecule has 2 aromatic rings. The Morgan fingerprint density at radius 2 is 1.61 bits per heavy atom. The number of nitriles is 1. The van der Waals surface area contributed by atoms with Gasteiger partial charge in [0.15, 0.2) is 0 Å². The van der Waals surface area contributed by atoms with Crippen molar-refractivity contribution in [3.05, 3.63) is 94.2 Å². The molecule has 0 spiro atoms. The number of benzene rings is 2. The van der Waals surface area contributed by atoms with E-state index in [-0.39, 0.29) is 11.5 Å². The van der Waals surface area contributed by atoms with Gasteiger partial charge in [0.25, 0.3) is 0 Å². The topological polar surface area (TPSA) is 88.4 Å². The van der Waals surface area contributed by atoms with Gasteiger partial charge in [0, 0.05) is 12.1 Å². The second kappa shape index (κ2) is 12.2. The van der Waals surface area contributed by atoms with E-state index in [9.17, 15) is 14.9 Å². The maximum atomic E-state index is 13.2. The van der Waals surface area contributed by atoms with E-state index in [4.69, 9.17) is 9.47 Å². The lowest BCUT2D eigenvalue weighted by molar-refractivity contribution is -0.157. The Hall–Kier alpha value is -3.85. The normalized spacial score (nSPS) is 15.0. The van der Waals surface area contributed by atoms with E-state index in [0.29, 0.717) is 31.3 Å². The Bertz CT molecular complexity index is 1170. The van der Waals surface area contributed by atoms with Crippen LogP contribution in [-0.2, 0) is 31.9 Å². The predicted octanol–water partition coefficient (Wildman–Crippen LogP) is 5.20. The summed E-state index contributed by atoms with van der Waals surface area (Å²) in [5.41, 5.74) is 3.75. The third-order valence-electron chi connectivity index (χ3n) is 5.93. The van der Waals surface area contributed by atoms with Gasteiger partial charge in [0.05, 0.1) is 7.11 Å². The minimum Gasteiger partial charge on any atom is -0.465 e. The van der Waals surface area contributed by atoms with Crippen LogP contribution in [0.25, 0.3) is 0 Å². The van der Waals surface area contributed by atoms with Crippen LogP contribution < -0.4 is 5.32 Å². The Morgan fingerprint density at radius 1 is 1.00 bits per heavy atom. The van der Waals surface area contributed by atoms with Gasteiger partial charge < -0.3 is 14.8 Å². The number of nitrogens with zero attached hydrogens (tertiary/aromatic N) is 1. The molecule has 3 rings (SSSR count). The monoisotopic (exact) mass is 486 g/mol. The molecular weight excluding hydrogens is 452 g/mol. The van der Waals surface area contributed by atoms with Gasteiger partial charge >= 0.3 is 11.9 Å². The van der Waals surface area contributed by atoms with Gasteiger partial charge in [0.1, 0.15) is 23.3 Å². The smallest absolute Gasteiger partial charge is 0.348 e. The first-order valence-corrected chi connectivity index (χ1v) is 12.2. The van der Waals surface area contributed by atoms with Crippen LogP contribution in [0.3, 0.4) is 0 Å². The van der Waals surface area contributed by atoms with Crippen LogP contribution in [0.2, 0.25) is 0 Å². The molecule has 0 aromatic heterocycles. The summed E-state index contributed by atoms with van der Waals surface area (Å²) in [7, 11) is 1.28. The van der Waals surface area contributed by atoms with Crippen molar-refractivity contribution in [1.82, 2.24) is 5.32 Å². The molecule has 0 unspecified atom stereocenters. The van der Waals surface area contributed by atoms with Gasteiger partial charge in [-0.15, -0.1) is 0 Å². The molecule has 1 atom stereocenters. The molecule has 0 saturated heterocycles. The van der Waals surface area contributed by atoms with Crippen LogP contribution in [0, 0.1) is 11.3 Å². The molecule has 0 saturated carbocycles. The SMILES string of the molecule is COC(=O)/C(C#N)=C(/Cc1ccccc1)C1=C(N[C@@H](Cc2ccccc2)C(=O)OC(C)(C)C)CCC1. The van der Waals surface area contributed by atoms with E-state index in [1.54, 1.807) is 0 Å². The number of esters is 2. The minimum atomic E-state index is -0.657. The van der Waals surface area contributed by atoms with E-state index in [0.717, 1.165) is 28.8 Å². The first-order chi connectivity index (χ1) is 17.2. The lowest BCUT2D eigenvalue weighted by atomic mass is 9.92. The van der Waals surface area contributed by atoms with Crippen molar-refractivity contribution in [3.63, 3.8) is 0 Å². The maximum Gasteiger partial charge on any atom is 0.348 e. The summed E-state index contributed by atoms with van der Waals surface area (Å²) in [6, 6.07) is 21.0. The van der Waals surface area contributed by atoms with Crippen LogP contribution in [0.5, 0.6) is 0 Å². The van der Waals surface area contributed by atoms with Crippen LogP contribution in [0.1, 0.15) is 51.2 Å². The summed E-state index contributed by atoms with van der Waals surface area (Å²) >= 11 is 0.